The molecule has 2 aromatic rings. The highest BCUT2D eigenvalue weighted by Crippen LogP contribution is 2.49. The first-order valence-corrected chi connectivity index (χ1v) is 11.0. The zero-order valence-electron chi connectivity index (χ0n) is 18.8. The number of rotatable bonds is 5. The molecule has 0 spiro atoms. The third-order valence-corrected chi connectivity index (χ3v) is 6.41. The Labute approximate surface area is 191 Å². The minimum Gasteiger partial charge on any atom is -0.465 e. The number of carbonyl (C=O) groups is 3. The maximum absolute atomic E-state index is 14.8. The number of hydrogen-bond acceptors (Lipinski definition) is 5. The average molecular weight is 454 g/mol. The van der Waals surface area contributed by atoms with Gasteiger partial charge in [0.2, 0.25) is 5.91 Å². The van der Waals surface area contributed by atoms with Crippen LogP contribution in [-0.2, 0) is 20.9 Å². The van der Waals surface area contributed by atoms with E-state index in [4.69, 9.17) is 9.47 Å². The topological polar surface area (TPSA) is 84.9 Å². The Hall–Kier alpha value is -3.42. The summed E-state index contributed by atoms with van der Waals surface area (Å²) in [5.74, 6) is -1.73. The molecule has 8 heteroatoms. The molecule has 0 saturated heterocycles. The summed E-state index contributed by atoms with van der Waals surface area (Å²) in [5, 5.41) is 2.90. The highest BCUT2D eigenvalue weighted by Gasteiger charge is 2.48. The molecule has 1 fully saturated rings. The standard InChI is InChI=1S/C25H27FN2O5/c1-14-22(27-25(31)33-13-16-7-5-4-6-8-16)19-11-18(24(30)32-3)20(26)12-21(19)28(15(2)29)23(14)17-9-10-17/h4-8,11-12,14,17,22-23H,9-10,13H2,1-3H3,(H,27,31)/t14-,22?,23?/m1/s1. The Balaban J connectivity index is 1.69. The van der Waals surface area contributed by atoms with Crippen LogP contribution in [0.15, 0.2) is 42.5 Å². The van der Waals surface area contributed by atoms with Crippen LogP contribution < -0.4 is 10.2 Å². The van der Waals surface area contributed by atoms with Crippen LogP contribution in [0.25, 0.3) is 0 Å². The van der Waals surface area contributed by atoms with Gasteiger partial charge in [0.05, 0.1) is 24.4 Å². The van der Waals surface area contributed by atoms with Crippen LogP contribution in [-0.4, -0.2) is 31.1 Å². The van der Waals surface area contributed by atoms with E-state index in [1.165, 1.54) is 26.2 Å². The van der Waals surface area contributed by atoms with Crippen LogP contribution in [0.4, 0.5) is 14.9 Å². The molecule has 1 aliphatic heterocycles. The lowest BCUT2D eigenvalue weighted by molar-refractivity contribution is -0.117. The van der Waals surface area contributed by atoms with Crippen LogP contribution in [0.5, 0.6) is 0 Å². The second-order valence-electron chi connectivity index (χ2n) is 8.64. The molecule has 0 aromatic heterocycles. The molecule has 7 nitrogen and oxygen atoms in total. The van der Waals surface area contributed by atoms with Crippen LogP contribution in [0, 0.1) is 17.7 Å². The van der Waals surface area contributed by atoms with Gasteiger partial charge in [0.25, 0.3) is 0 Å². The number of amides is 2. The van der Waals surface area contributed by atoms with Gasteiger partial charge in [-0.15, -0.1) is 0 Å². The first-order valence-electron chi connectivity index (χ1n) is 11.0. The van der Waals surface area contributed by atoms with Crippen molar-refractivity contribution in [2.24, 2.45) is 11.8 Å². The summed E-state index contributed by atoms with van der Waals surface area (Å²) in [4.78, 5) is 39.1. The third-order valence-electron chi connectivity index (χ3n) is 6.41. The van der Waals surface area contributed by atoms with Crippen molar-refractivity contribution in [3.8, 4) is 0 Å². The molecule has 33 heavy (non-hydrogen) atoms. The van der Waals surface area contributed by atoms with Gasteiger partial charge in [-0.3, -0.25) is 4.79 Å². The first-order chi connectivity index (χ1) is 15.8. The van der Waals surface area contributed by atoms with E-state index in [9.17, 15) is 18.8 Å². The molecule has 4 rings (SSSR count). The molecule has 174 valence electrons. The quantitative estimate of drug-likeness (QED) is 0.679. The average Bonchev–Trinajstić information content (AvgIpc) is 3.64. The predicted molar refractivity (Wildman–Crippen MR) is 119 cm³/mol. The van der Waals surface area contributed by atoms with Crippen LogP contribution in [0.2, 0.25) is 0 Å². The third kappa shape index (κ3) is 4.55. The van der Waals surface area contributed by atoms with Crippen molar-refractivity contribution in [1.82, 2.24) is 5.32 Å². The van der Waals surface area contributed by atoms with E-state index >= 15 is 0 Å². The highest BCUT2D eigenvalue weighted by atomic mass is 19.1. The van der Waals surface area contributed by atoms with E-state index in [0.29, 0.717) is 11.3 Å². The number of esters is 1. The summed E-state index contributed by atoms with van der Waals surface area (Å²) in [6.07, 6.45) is 1.29. The van der Waals surface area contributed by atoms with Crippen molar-refractivity contribution in [3.63, 3.8) is 0 Å². The minimum atomic E-state index is -0.827. The number of alkyl carbamates (subject to hydrolysis) is 1. The van der Waals surface area contributed by atoms with Gasteiger partial charge in [-0.1, -0.05) is 37.3 Å². The number of carbonyl (C=O) groups excluding carboxylic acids is 3. The zero-order chi connectivity index (χ0) is 23.7. The fourth-order valence-corrected chi connectivity index (χ4v) is 4.74. The number of benzene rings is 2. The van der Waals surface area contributed by atoms with Crippen molar-refractivity contribution in [2.45, 2.75) is 45.4 Å². The predicted octanol–water partition coefficient (Wildman–Crippen LogP) is 4.36. The summed E-state index contributed by atoms with van der Waals surface area (Å²) >= 11 is 0. The molecular weight excluding hydrogens is 427 g/mol. The summed E-state index contributed by atoms with van der Waals surface area (Å²) in [7, 11) is 1.17. The highest BCUT2D eigenvalue weighted by molar-refractivity contribution is 5.96. The Bertz CT molecular complexity index is 1070. The molecule has 1 heterocycles. The molecule has 3 atom stereocenters. The number of methoxy groups -OCH3 is 1. The van der Waals surface area contributed by atoms with E-state index in [1.54, 1.807) is 4.90 Å². The minimum absolute atomic E-state index is 0.100. The molecule has 1 aliphatic carbocycles. The molecule has 2 aromatic carbocycles. The van der Waals surface area contributed by atoms with Gasteiger partial charge in [0, 0.05) is 18.9 Å². The SMILES string of the molecule is COC(=O)c1cc2c(cc1F)N(C(C)=O)C(C1CC1)[C@H](C)C2NC(=O)OCc1ccccc1. The monoisotopic (exact) mass is 454 g/mol. The number of nitrogens with zero attached hydrogens (tertiary/aromatic N) is 1. The van der Waals surface area contributed by atoms with E-state index < -0.39 is 23.9 Å². The number of nitrogens with one attached hydrogen (secondary N) is 1. The molecule has 0 radical (unpaired) electrons. The number of halogens is 1. The second-order valence-corrected chi connectivity index (χ2v) is 8.64. The first kappa shape index (κ1) is 22.8. The maximum atomic E-state index is 14.8. The van der Waals surface area contributed by atoms with Crippen LogP contribution in [0.1, 0.15) is 54.2 Å². The zero-order valence-corrected chi connectivity index (χ0v) is 18.8. The maximum Gasteiger partial charge on any atom is 0.407 e. The van der Waals surface area contributed by atoms with Crippen molar-refractivity contribution < 1.29 is 28.2 Å². The molecular formula is C25H27FN2O5. The van der Waals surface area contributed by atoms with E-state index in [-0.39, 0.29) is 36.0 Å². The molecule has 1 N–H and O–H groups in total. The summed E-state index contributed by atoms with van der Waals surface area (Å²) in [6.45, 7) is 3.49. The molecule has 0 bridgehead atoms. The van der Waals surface area contributed by atoms with Crippen molar-refractivity contribution in [1.29, 1.82) is 0 Å². The van der Waals surface area contributed by atoms with Crippen molar-refractivity contribution in [3.05, 3.63) is 65.0 Å². The number of ether oxygens (including phenoxy) is 2. The van der Waals surface area contributed by atoms with Gasteiger partial charge < -0.3 is 19.7 Å². The van der Waals surface area contributed by atoms with Gasteiger partial charge in [0.15, 0.2) is 0 Å². The van der Waals surface area contributed by atoms with Gasteiger partial charge in [-0.25, -0.2) is 14.0 Å². The van der Waals surface area contributed by atoms with Crippen molar-refractivity contribution in [2.75, 3.05) is 12.0 Å². The number of fused-ring (bicyclic) bond motifs is 1. The normalized spacial score (nSPS) is 21.7. The number of anilines is 1. The molecule has 2 amide bonds. The van der Waals surface area contributed by atoms with Gasteiger partial charge in [-0.2, -0.15) is 0 Å². The largest absolute Gasteiger partial charge is 0.465 e. The summed E-state index contributed by atoms with van der Waals surface area (Å²) in [5.41, 5.74) is 1.43. The second kappa shape index (κ2) is 9.21. The van der Waals surface area contributed by atoms with Gasteiger partial charge in [-0.05, 0) is 42.0 Å². The molecule has 2 aliphatic rings. The summed E-state index contributed by atoms with van der Waals surface area (Å²) in [6, 6.07) is 11.1. The lowest BCUT2D eigenvalue weighted by Gasteiger charge is -2.45. The lowest BCUT2D eigenvalue weighted by atomic mass is 9.79. The van der Waals surface area contributed by atoms with Crippen LogP contribution in [0.3, 0.4) is 0 Å². The Morgan fingerprint density at radius 2 is 1.85 bits per heavy atom. The Morgan fingerprint density at radius 3 is 2.45 bits per heavy atom. The van der Waals surface area contributed by atoms with E-state index in [0.717, 1.165) is 18.4 Å². The van der Waals surface area contributed by atoms with Crippen molar-refractivity contribution >= 4 is 23.7 Å². The Kier molecular flexibility index (Phi) is 6.35. The fourth-order valence-electron chi connectivity index (χ4n) is 4.74. The lowest BCUT2D eigenvalue weighted by Crippen LogP contribution is -2.53. The van der Waals surface area contributed by atoms with E-state index in [1.807, 2.05) is 37.3 Å². The van der Waals surface area contributed by atoms with E-state index in [2.05, 4.69) is 5.32 Å². The summed E-state index contributed by atoms with van der Waals surface area (Å²) < 4.78 is 25.0. The number of hydrogen-bond donors (Lipinski definition) is 1. The van der Waals surface area contributed by atoms with Gasteiger partial charge in [0.1, 0.15) is 12.4 Å². The molecule has 1 saturated carbocycles. The smallest absolute Gasteiger partial charge is 0.407 e. The fraction of sp³-hybridized carbons (Fsp3) is 0.400. The molecule has 2 unspecified atom stereocenters. The van der Waals surface area contributed by atoms with Gasteiger partial charge >= 0.3 is 12.1 Å². The van der Waals surface area contributed by atoms with Crippen LogP contribution >= 0.6 is 0 Å². The Morgan fingerprint density at radius 1 is 1.15 bits per heavy atom.